The number of rotatable bonds is 2. The number of hydrogen-bond acceptors (Lipinski definition) is 5. The Labute approximate surface area is 161 Å². The molecule has 0 unspecified atom stereocenters. The van der Waals surface area contributed by atoms with Crippen molar-refractivity contribution < 1.29 is 19.0 Å². The number of ether oxygens (including phenoxy) is 1. The molecule has 3 heterocycles. The molecule has 1 atom stereocenters. The van der Waals surface area contributed by atoms with Crippen molar-refractivity contribution in [2.75, 3.05) is 38.1 Å². The van der Waals surface area contributed by atoms with E-state index in [-0.39, 0.29) is 17.1 Å². The van der Waals surface area contributed by atoms with Crippen LogP contribution in [0.25, 0.3) is 10.9 Å². The van der Waals surface area contributed by atoms with Crippen LogP contribution in [0.2, 0.25) is 0 Å². The SMILES string of the molecule is C[C@H]1Oc2c(N3CCN(C)CC3)c(F)cc3c(=O)c(C(=O)O)cn(c23)C1(C)C. The fourth-order valence-electron chi connectivity index (χ4n) is 3.98. The van der Waals surface area contributed by atoms with Crippen LogP contribution in [0.1, 0.15) is 31.1 Å². The van der Waals surface area contributed by atoms with E-state index >= 15 is 4.39 Å². The second-order valence-electron chi connectivity index (χ2n) is 8.18. The second-order valence-corrected chi connectivity index (χ2v) is 8.18. The Hall–Kier alpha value is -2.61. The summed E-state index contributed by atoms with van der Waals surface area (Å²) in [5.41, 5.74) is -0.877. The van der Waals surface area contributed by atoms with Crippen LogP contribution in [0, 0.1) is 5.82 Å². The molecule has 0 bridgehead atoms. The van der Waals surface area contributed by atoms with Crippen molar-refractivity contribution in [3.63, 3.8) is 0 Å². The molecule has 28 heavy (non-hydrogen) atoms. The van der Waals surface area contributed by atoms with Crippen molar-refractivity contribution in [2.45, 2.75) is 32.4 Å². The fraction of sp³-hybridized carbons (Fsp3) is 0.500. The highest BCUT2D eigenvalue weighted by Gasteiger charge is 2.39. The molecule has 0 saturated carbocycles. The summed E-state index contributed by atoms with van der Waals surface area (Å²) in [5, 5.41) is 9.50. The van der Waals surface area contributed by atoms with Gasteiger partial charge in [0.25, 0.3) is 0 Å². The molecule has 0 amide bonds. The first-order valence-corrected chi connectivity index (χ1v) is 9.38. The average molecular weight is 389 g/mol. The monoisotopic (exact) mass is 389 g/mol. The van der Waals surface area contributed by atoms with E-state index in [0.29, 0.717) is 30.0 Å². The number of hydrogen-bond donors (Lipinski definition) is 1. The third-order valence-corrected chi connectivity index (χ3v) is 6.13. The molecule has 1 aromatic heterocycles. The molecule has 1 fully saturated rings. The van der Waals surface area contributed by atoms with Crippen LogP contribution in [0.5, 0.6) is 5.75 Å². The average Bonchev–Trinajstić information content (AvgIpc) is 2.62. The minimum Gasteiger partial charge on any atom is -0.484 e. The Morgan fingerprint density at radius 3 is 2.54 bits per heavy atom. The van der Waals surface area contributed by atoms with Crippen molar-refractivity contribution in [3.05, 3.63) is 33.9 Å². The summed E-state index contributed by atoms with van der Waals surface area (Å²) in [7, 11) is 2.02. The van der Waals surface area contributed by atoms with Gasteiger partial charge in [0.1, 0.15) is 17.4 Å². The molecule has 1 aromatic carbocycles. The summed E-state index contributed by atoms with van der Waals surface area (Å²) in [6.07, 6.45) is 1.02. The zero-order valence-corrected chi connectivity index (χ0v) is 16.5. The maximum atomic E-state index is 15.2. The minimum absolute atomic E-state index is 0.0326. The third-order valence-electron chi connectivity index (χ3n) is 6.13. The number of aromatic carboxylic acids is 1. The highest BCUT2D eigenvalue weighted by Crippen LogP contribution is 2.45. The number of likely N-dealkylation sites (N-methyl/N-ethyl adjacent to an activating group) is 1. The number of carboxylic acid groups (broad SMARTS) is 1. The topological polar surface area (TPSA) is 75.0 Å². The maximum absolute atomic E-state index is 15.2. The van der Waals surface area contributed by atoms with E-state index < -0.39 is 22.8 Å². The van der Waals surface area contributed by atoms with Crippen LogP contribution < -0.4 is 15.1 Å². The summed E-state index contributed by atoms with van der Waals surface area (Å²) < 4.78 is 23.1. The molecule has 4 rings (SSSR count). The zero-order chi connectivity index (χ0) is 20.4. The molecule has 0 spiro atoms. The predicted molar refractivity (Wildman–Crippen MR) is 104 cm³/mol. The predicted octanol–water partition coefficient (Wildman–Crippen LogP) is 2.11. The lowest BCUT2D eigenvalue weighted by Gasteiger charge is -2.43. The van der Waals surface area contributed by atoms with E-state index in [4.69, 9.17) is 4.74 Å². The summed E-state index contributed by atoms with van der Waals surface area (Å²) in [5.74, 6) is -1.57. The van der Waals surface area contributed by atoms with Gasteiger partial charge in [-0.15, -0.1) is 0 Å². The van der Waals surface area contributed by atoms with Gasteiger partial charge in [-0.3, -0.25) is 4.79 Å². The van der Waals surface area contributed by atoms with Gasteiger partial charge in [0.2, 0.25) is 5.43 Å². The standard InChI is InChI=1S/C20H24FN3O4/c1-11-20(2,3)24-10-13(19(26)27)17(25)12-9-14(21)16(18(28-11)15(12)24)23-7-5-22(4)6-8-23/h9-11H,5-8H2,1-4H3,(H,26,27)/t11-/m1/s1. The number of piperazine rings is 1. The molecule has 1 N–H and O–H groups in total. The molecule has 2 aliphatic heterocycles. The Kier molecular flexibility index (Phi) is 4.15. The van der Waals surface area contributed by atoms with Crippen LogP contribution in [0.3, 0.4) is 0 Å². The number of benzene rings is 1. The van der Waals surface area contributed by atoms with Crippen LogP contribution in [0.15, 0.2) is 17.1 Å². The number of anilines is 1. The Balaban J connectivity index is 2.07. The maximum Gasteiger partial charge on any atom is 0.341 e. The summed E-state index contributed by atoms with van der Waals surface area (Å²) >= 11 is 0. The van der Waals surface area contributed by atoms with Crippen molar-refractivity contribution in [1.29, 1.82) is 0 Å². The quantitative estimate of drug-likeness (QED) is 0.848. The summed E-state index contributed by atoms with van der Waals surface area (Å²) in [6, 6.07) is 1.16. The second kappa shape index (κ2) is 6.20. The molecular formula is C20H24FN3O4. The van der Waals surface area contributed by atoms with Crippen molar-refractivity contribution >= 4 is 22.6 Å². The Morgan fingerprint density at radius 2 is 1.93 bits per heavy atom. The van der Waals surface area contributed by atoms with E-state index in [9.17, 15) is 14.7 Å². The largest absolute Gasteiger partial charge is 0.484 e. The van der Waals surface area contributed by atoms with Gasteiger partial charge in [0.15, 0.2) is 11.6 Å². The van der Waals surface area contributed by atoms with E-state index in [1.165, 1.54) is 6.20 Å². The number of halogens is 1. The minimum atomic E-state index is -1.32. The summed E-state index contributed by atoms with van der Waals surface area (Å²) in [4.78, 5) is 28.5. The van der Waals surface area contributed by atoms with Gasteiger partial charge in [-0.05, 0) is 33.9 Å². The molecule has 1 saturated heterocycles. The number of carbonyl (C=O) groups is 1. The molecule has 7 nitrogen and oxygen atoms in total. The number of aromatic nitrogens is 1. The normalized spacial score (nSPS) is 21.6. The molecule has 0 radical (unpaired) electrons. The van der Waals surface area contributed by atoms with E-state index in [2.05, 4.69) is 4.90 Å². The third kappa shape index (κ3) is 2.58. The number of nitrogens with zero attached hydrogens (tertiary/aromatic N) is 3. The first-order chi connectivity index (χ1) is 13.1. The Bertz CT molecular complexity index is 1040. The molecule has 2 aromatic rings. The van der Waals surface area contributed by atoms with Crippen LogP contribution in [-0.2, 0) is 5.54 Å². The number of pyridine rings is 1. The van der Waals surface area contributed by atoms with Crippen molar-refractivity contribution in [1.82, 2.24) is 9.47 Å². The molecular weight excluding hydrogens is 365 g/mol. The molecule has 0 aliphatic carbocycles. The highest BCUT2D eigenvalue weighted by atomic mass is 19.1. The van der Waals surface area contributed by atoms with Crippen molar-refractivity contribution in [2.24, 2.45) is 0 Å². The summed E-state index contributed by atoms with van der Waals surface area (Å²) in [6.45, 7) is 8.57. The molecule has 2 aliphatic rings. The van der Waals surface area contributed by atoms with Gasteiger partial charge in [-0.1, -0.05) is 0 Å². The van der Waals surface area contributed by atoms with E-state index in [1.54, 1.807) is 4.57 Å². The van der Waals surface area contributed by atoms with Gasteiger partial charge >= 0.3 is 5.97 Å². The van der Waals surface area contributed by atoms with Gasteiger partial charge in [-0.2, -0.15) is 0 Å². The van der Waals surface area contributed by atoms with Crippen LogP contribution in [-0.4, -0.2) is 59.9 Å². The number of carboxylic acids is 1. The lowest BCUT2D eigenvalue weighted by Crippen LogP contribution is -2.47. The first kappa shape index (κ1) is 18.7. The van der Waals surface area contributed by atoms with Gasteiger partial charge in [0, 0.05) is 32.4 Å². The smallest absolute Gasteiger partial charge is 0.341 e. The van der Waals surface area contributed by atoms with Crippen molar-refractivity contribution in [3.8, 4) is 5.75 Å². The highest BCUT2D eigenvalue weighted by molar-refractivity contribution is 5.97. The lowest BCUT2D eigenvalue weighted by atomic mass is 9.93. The Morgan fingerprint density at radius 1 is 1.29 bits per heavy atom. The van der Waals surface area contributed by atoms with E-state index in [1.807, 2.05) is 32.7 Å². The van der Waals surface area contributed by atoms with Gasteiger partial charge in [-0.25, -0.2) is 9.18 Å². The van der Waals surface area contributed by atoms with E-state index in [0.717, 1.165) is 19.2 Å². The lowest BCUT2D eigenvalue weighted by molar-refractivity contribution is 0.0684. The molecule has 150 valence electrons. The fourth-order valence-corrected chi connectivity index (χ4v) is 3.98. The molecule has 8 heteroatoms. The van der Waals surface area contributed by atoms with Gasteiger partial charge in [0.05, 0.1) is 16.4 Å². The van der Waals surface area contributed by atoms with Gasteiger partial charge < -0.3 is 24.2 Å². The zero-order valence-electron chi connectivity index (χ0n) is 16.5. The van der Waals surface area contributed by atoms with Crippen LogP contribution >= 0.6 is 0 Å². The van der Waals surface area contributed by atoms with Crippen LogP contribution in [0.4, 0.5) is 10.1 Å². The first-order valence-electron chi connectivity index (χ1n) is 9.38.